The van der Waals surface area contributed by atoms with Crippen molar-refractivity contribution >= 4 is 40.9 Å². The largest absolute Gasteiger partial charge is 0.416 e. The van der Waals surface area contributed by atoms with Gasteiger partial charge in [-0.3, -0.25) is 14.7 Å². The number of aromatic nitrogens is 4. The molecule has 3 aromatic heterocycles. The summed E-state index contributed by atoms with van der Waals surface area (Å²) in [4.78, 5) is 33.0. The predicted molar refractivity (Wildman–Crippen MR) is 167 cm³/mol. The number of rotatable bonds is 9. The number of benzene rings is 1. The van der Waals surface area contributed by atoms with E-state index in [2.05, 4.69) is 41.8 Å². The maximum atomic E-state index is 12.9. The highest BCUT2D eigenvalue weighted by molar-refractivity contribution is 6.05. The van der Waals surface area contributed by atoms with E-state index < -0.39 is 17.6 Å². The Kier molecular flexibility index (Phi) is 10.1. The molecule has 0 unspecified atom stereocenters. The fourth-order valence-corrected chi connectivity index (χ4v) is 5.31. The number of nitrogen functional groups attached to an aromatic ring is 1. The topological polar surface area (TPSA) is 142 Å². The quantitative estimate of drug-likeness (QED) is 0.177. The number of carbonyl (C=O) groups excluding carboxylic acids is 2. The van der Waals surface area contributed by atoms with Crippen LogP contribution in [0.3, 0.4) is 0 Å². The Hall–Kier alpha value is -4.78. The van der Waals surface area contributed by atoms with Gasteiger partial charge in [0.15, 0.2) is 0 Å². The van der Waals surface area contributed by atoms with Crippen LogP contribution in [-0.2, 0) is 11.0 Å². The molecule has 4 heterocycles. The molecule has 1 aliphatic heterocycles. The van der Waals surface area contributed by atoms with Crippen molar-refractivity contribution < 1.29 is 22.8 Å². The van der Waals surface area contributed by atoms with Crippen LogP contribution in [0.4, 0.5) is 24.8 Å². The zero-order valence-corrected chi connectivity index (χ0v) is 24.6. The van der Waals surface area contributed by atoms with Crippen molar-refractivity contribution in [3.8, 4) is 11.3 Å². The van der Waals surface area contributed by atoms with Crippen molar-refractivity contribution in [1.29, 1.82) is 0 Å². The van der Waals surface area contributed by atoms with Crippen molar-refractivity contribution in [2.75, 3.05) is 30.7 Å². The van der Waals surface area contributed by atoms with E-state index in [0.717, 1.165) is 61.9 Å². The van der Waals surface area contributed by atoms with E-state index in [0.29, 0.717) is 28.5 Å². The number of nitrogens with one attached hydrogen (secondary N) is 3. The maximum absolute atomic E-state index is 12.9. The molecule has 2 amide bonds. The van der Waals surface area contributed by atoms with Gasteiger partial charge in [-0.15, -0.1) is 0 Å². The molecular formula is C32H35F3N8O2. The first kappa shape index (κ1) is 31.6. The molecule has 0 spiro atoms. The van der Waals surface area contributed by atoms with E-state index >= 15 is 0 Å². The summed E-state index contributed by atoms with van der Waals surface area (Å²) in [6.07, 6.45) is 10.2. The van der Waals surface area contributed by atoms with Crippen molar-refractivity contribution in [2.45, 2.75) is 50.7 Å². The Balaban J connectivity index is 0.000000436. The first-order chi connectivity index (χ1) is 21.7. The zero-order valence-electron chi connectivity index (χ0n) is 24.6. The van der Waals surface area contributed by atoms with Crippen LogP contribution in [0.5, 0.6) is 0 Å². The van der Waals surface area contributed by atoms with E-state index in [9.17, 15) is 22.8 Å². The molecule has 45 heavy (non-hydrogen) atoms. The van der Waals surface area contributed by atoms with E-state index in [4.69, 9.17) is 5.73 Å². The first-order valence-electron chi connectivity index (χ1n) is 14.9. The summed E-state index contributed by atoms with van der Waals surface area (Å²) in [5.74, 6) is -0.443. The number of nitrogens with zero attached hydrogens (tertiary/aromatic N) is 4. The zero-order chi connectivity index (χ0) is 31.8. The van der Waals surface area contributed by atoms with Gasteiger partial charge in [-0.1, -0.05) is 37.1 Å². The smallest absolute Gasteiger partial charge is 0.383 e. The van der Waals surface area contributed by atoms with Gasteiger partial charge in [-0.25, -0.2) is 9.97 Å². The molecule has 2 aliphatic rings. The number of amides is 2. The summed E-state index contributed by atoms with van der Waals surface area (Å²) in [6.45, 7) is 3.34. The van der Waals surface area contributed by atoms with Gasteiger partial charge in [0.1, 0.15) is 17.2 Å². The van der Waals surface area contributed by atoms with Crippen LogP contribution in [0.1, 0.15) is 60.0 Å². The highest BCUT2D eigenvalue weighted by atomic mass is 19.4. The van der Waals surface area contributed by atoms with E-state index in [-0.39, 0.29) is 11.4 Å². The van der Waals surface area contributed by atoms with E-state index in [1.54, 1.807) is 30.5 Å². The number of H-pyrrole nitrogens is 1. The lowest BCUT2D eigenvalue weighted by Gasteiger charge is -2.30. The first-order valence-corrected chi connectivity index (χ1v) is 14.9. The second-order valence-electron chi connectivity index (χ2n) is 11.0. The van der Waals surface area contributed by atoms with Gasteiger partial charge in [-0.2, -0.15) is 18.3 Å². The van der Waals surface area contributed by atoms with Crippen molar-refractivity contribution in [1.82, 2.24) is 30.4 Å². The van der Waals surface area contributed by atoms with Crippen LogP contribution in [0, 0.1) is 0 Å². The average molecular weight is 621 g/mol. The number of fused-ring (bicyclic) bond motifs is 1. The minimum Gasteiger partial charge on any atom is -0.383 e. The number of hydrogen-bond donors (Lipinski definition) is 4. The molecule has 2 fully saturated rings. The number of alkyl halides is 3. The third-order valence-electron chi connectivity index (χ3n) is 7.92. The number of hydrogen-bond acceptors (Lipinski definition) is 7. The Morgan fingerprint density at radius 1 is 1.09 bits per heavy atom. The molecule has 1 saturated heterocycles. The van der Waals surface area contributed by atoms with Gasteiger partial charge in [-0.05, 0) is 63.0 Å². The van der Waals surface area contributed by atoms with Crippen LogP contribution in [0.15, 0.2) is 54.9 Å². The van der Waals surface area contributed by atoms with Crippen LogP contribution >= 0.6 is 0 Å². The summed E-state index contributed by atoms with van der Waals surface area (Å²) in [7, 11) is 0. The average Bonchev–Trinajstić information content (AvgIpc) is 3.69. The van der Waals surface area contributed by atoms with Gasteiger partial charge in [0, 0.05) is 41.7 Å². The number of nitrogens with two attached hydrogens (primary N) is 1. The molecule has 13 heteroatoms. The molecule has 5 N–H and O–H groups in total. The summed E-state index contributed by atoms with van der Waals surface area (Å²) >= 11 is 0. The normalized spacial score (nSPS) is 15.4. The predicted octanol–water partition coefficient (Wildman–Crippen LogP) is 5.66. The van der Waals surface area contributed by atoms with Crippen molar-refractivity contribution in [3.05, 3.63) is 71.6 Å². The van der Waals surface area contributed by atoms with Crippen molar-refractivity contribution in [3.63, 3.8) is 0 Å². The fraction of sp³-hybridized carbons (Fsp3) is 0.344. The summed E-state index contributed by atoms with van der Waals surface area (Å²) in [6, 6.07) is 8.66. The lowest BCUT2D eigenvalue weighted by atomic mass is 10.0. The number of halogens is 3. The SMILES string of the molecule is Nc1ncc(/C=C/CCN2CCC2)c2n[nH]c(-c3ccc(C(=O)Nc4cc(C(F)(F)F)ccn4)cc3)c12.O=CNC1CCCC1. The van der Waals surface area contributed by atoms with Gasteiger partial charge in [0.2, 0.25) is 6.41 Å². The second-order valence-corrected chi connectivity index (χ2v) is 11.0. The van der Waals surface area contributed by atoms with Gasteiger partial charge >= 0.3 is 6.18 Å². The minimum atomic E-state index is -4.53. The van der Waals surface area contributed by atoms with Crippen LogP contribution < -0.4 is 16.4 Å². The number of carbonyl (C=O) groups is 2. The minimum absolute atomic E-state index is 0.187. The third-order valence-corrected chi connectivity index (χ3v) is 7.92. The standard InChI is InChI=1S/C26H24F3N7O.C6H11NO/c27-26(28,29)19-9-10-31-20(14-19)33-25(37)17-7-5-16(6-8-17)22-21-23(35-34-22)18(15-32-24(21)30)4-1-2-11-36-12-3-13-36;8-5-7-6-3-1-2-4-6/h1,4-10,14-15H,2-3,11-13H2,(H2,30,32)(H,34,35)(H,31,33,37);5-6H,1-4H2,(H,7,8)/b4-1+;. The molecule has 0 bridgehead atoms. The molecule has 4 aromatic rings. The van der Waals surface area contributed by atoms with Crippen LogP contribution in [-0.4, -0.2) is 63.1 Å². The maximum Gasteiger partial charge on any atom is 0.416 e. The monoisotopic (exact) mass is 620 g/mol. The second kappa shape index (κ2) is 14.3. The van der Waals surface area contributed by atoms with Gasteiger partial charge in [0.25, 0.3) is 5.91 Å². The molecule has 10 nitrogen and oxygen atoms in total. The van der Waals surface area contributed by atoms with Crippen LogP contribution in [0.25, 0.3) is 28.2 Å². The van der Waals surface area contributed by atoms with E-state index in [1.165, 1.54) is 32.1 Å². The molecule has 1 aromatic carbocycles. The number of aromatic amines is 1. The number of likely N-dealkylation sites (tertiary alicyclic amines) is 1. The van der Waals surface area contributed by atoms with Crippen LogP contribution in [0.2, 0.25) is 0 Å². The molecule has 0 atom stereocenters. The summed E-state index contributed by atoms with van der Waals surface area (Å²) in [5.41, 5.74) is 8.46. The Bertz CT molecular complexity index is 1640. The highest BCUT2D eigenvalue weighted by Gasteiger charge is 2.31. The fourth-order valence-electron chi connectivity index (χ4n) is 5.31. The van der Waals surface area contributed by atoms with E-state index in [1.807, 2.05) is 6.08 Å². The highest BCUT2D eigenvalue weighted by Crippen LogP contribution is 2.33. The van der Waals surface area contributed by atoms with Crippen molar-refractivity contribution in [2.24, 2.45) is 0 Å². The molecule has 6 rings (SSSR count). The molecule has 236 valence electrons. The lowest BCUT2D eigenvalue weighted by molar-refractivity contribution is -0.137. The number of pyridine rings is 2. The molecule has 1 saturated carbocycles. The summed E-state index contributed by atoms with van der Waals surface area (Å²) < 4.78 is 38.8. The Morgan fingerprint density at radius 3 is 2.51 bits per heavy atom. The Morgan fingerprint density at radius 2 is 1.84 bits per heavy atom. The molecule has 1 aliphatic carbocycles. The lowest BCUT2D eigenvalue weighted by Crippen LogP contribution is -2.37. The number of anilines is 2. The third kappa shape index (κ3) is 8.04. The summed E-state index contributed by atoms with van der Waals surface area (Å²) in [5, 5.41) is 13.3. The Labute approximate surface area is 258 Å². The van der Waals surface area contributed by atoms with Gasteiger partial charge < -0.3 is 21.3 Å². The molecule has 0 radical (unpaired) electrons. The molecular weight excluding hydrogens is 585 g/mol. The van der Waals surface area contributed by atoms with Gasteiger partial charge in [0.05, 0.1) is 16.6 Å².